The van der Waals surface area contributed by atoms with Gasteiger partial charge in [-0.3, -0.25) is 9.59 Å². The van der Waals surface area contributed by atoms with E-state index < -0.39 is 11.7 Å². The lowest BCUT2D eigenvalue weighted by Gasteiger charge is -2.17. The molecule has 2 aromatic rings. The Morgan fingerprint density at radius 2 is 1.87 bits per heavy atom. The minimum atomic E-state index is -0.565. The van der Waals surface area contributed by atoms with Gasteiger partial charge in [-0.25, -0.2) is 4.39 Å². The Balaban J connectivity index is 1.69. The Hall–Kier alpha value is -2.69. The molecule has 23 heavy (non-hydrogen) atoms. The molecular formula is C18H17FN2O2. The Bertz CT molecular complexity index is 743. The first kappa shape index (κ1) is 15.2. The third-order valence-corrected chi connectivity index (χ3v) is 3.92. The summed E-state index contributed by atoms with van der Waals surface area (Å²) in [7, 11) is 0. The molecule has 0 bridgehead atoms. The van der Waals surface area contributed by atoms with Crippen molar-refractivity contribution in [2.75, 3.05) is 11.4 Å². The molecule has 0 unspecified atom stereocenters. The van der Waals surface area contributed by atoms with Crippen LogP contribution in [0.2, 0.25) is 0 Å². The van der Waals surface area contributed by atoms with E-state index in [1.165, 1.54) is 18.2 Å². The van der Waals surface area contributed by atoms with Gasteiger partial charge < -0.3 is 10.2 Å². The fourth-order valence-electron chi connectivity index (χ4n) is 2.69. The molecule has 5 heteroatoms. The summed E-state index contributed by atoms with van der Waals surface area (Å²) >= 11 is 0. The number of hydrogen-bond donors (Lipinski definition) is 1. The van der Waals surface area contributed by atoms with E-state index in [-0.39, 0.29) is 23.9 Å². The molecule has 0 radical (unpaired) electrons. The Morgan fingerprint density at radius 3 is 2.57 bits per heavy atom. The highest BCUT2D eigenvalue weighted by molar-refractivity contribution is 5.99. The SMILES string of the molecule is Cc1ccc(N2C[C@H](NC(=O)c3ccccc3F)CC2=O)cc1. The first-order valence-corrected chi connectivity index (χ1v) is 7.47. The molecule has 0 aliphatic carbocycles. The standard InChI is InChI=1S/C18H17FN2O2/c1-12-6-8-14(9-7-12)21-11-13(10-17(21)22)20-18(23)15-4-2-3-5-16(15)19/h2-9,13H,10-11H2,1H3,(H,20,23)/t13-/m1/s1. The van der Waals surface area contributed by atoms with Crippen molar-refractivity contribution >= 4 is 17.5 Å². The van der Waals surface area contributed by atoms with Crippen LogP contribution in [-0.2, 0) is 4.79 Å². The summed E-state index contributed by atoms with van der Waals surface area (Å²) in [5.41, 5.74) is 1.92. The molecule has 0 saturated carbocycles. The van der Waals surface area contributed by atoms with Gasteiger partial charge in [-0.2, -0.15) is 0 Å². The van der Waals surface area contributed by atoms with Crippen LogP contribution < -0.4 is 10.2 Å². The number of nitrogens with zero attached hydrogens (tertiary/aromatic N) is 1. The Morgan fingerprint density at radius 1 is 1.17 bits per heavy atom. The van der Waals surface area contributed by atoms with Gasteiger partial charge in [0.05, 0.1) is 11.6 Å². The fourth-order valence-corrected chi connectivity index (χ4v) is 2.69. The highest BCUT2D eigenvalue weighted by Gasteiger charge is 2.32. The average Bonchev–Trinajstić information content (AvgIpc) is 2.89. The molecule has 118 valence electrons. The minimum Gasteiger partial charge on any atom is -0.347 e. The quantitative estimate of drug-likeness (QED) is 0.947. The molecule has 0 aromatic heterocycles. The zero-order valence-corrected chi connectivity index (χ0v) is 12.8. The summed E-state index contributed by atoms with van der Waals surface area (Å²) in [4.78, 5) is 25.9. The van der Waals surface area contributed by atoms with E-state index in [1.54, 1.807) is 11.0 Å². The van der Waals surface area contributed by atoms with Crippen molar-refractivity contribution in [2.45, 2.75) is 19.4 Å². The molecule has 1 atom stereocenters. The molecule has 1 aliphatic heterocycles. The maximum atomic E-state index is 13.6. The molecular weight excluding hydrogens is 295 g/mol. The normalized spacial score (nSPS) is 17.4. The summed E-state index contributed by atoms with van der Waals surface area (Å²) in [6, 6.07) is 13.1. The highest BCUT2D eigenvalue weighted by Crippen LogP contribution is 2.22. The number of carbonyl (C=O) groups is 2. The lowest BCUT2D eigenvalue weighted by atomic mass is 10.1. The van der Waals surface area contributed by atoms with Gasteiger partial charge in [-0.05, 0) is 31.2 Å². The lowest BCUT2D eigenvalue weighted by molar-refractivity contribution is -0.117. The van der Waals surface area contributed by atoms with Crippen LogP contribution >= 0.6 is 0 Å². The Kier molecular flexibility index (Phi) is 4.10. The summed E-state index contributed by atoms with van der Waals surface area (Å²) < 4.78 is 13.6. The van der Waals surface area contributed by atoms with Crippen molar-refractivity contribution in [1.29, 1.82) is 0 Å². The van der Waals surface area contributed by atoms with Crippen molar-refractivity contribution < 1.29 is 14.0 Å². The van der Waals surface area contributed by atoms with Crippen LogP contribution in [0.25, 0.3) is 0 Å². The van der Waals surface area contributed by atoms with E-state index in [0.717, 1.165) is 11.3 Å². The molecule has 0 spiro atoms. The summed E-state index contributed by atoms with van der Waals surface area (Å²) in [5.74, 6) is -1.11. The zero-order chi connectivity index (χ0) is 16.4. The van der Waals surface area contributed by atoms with Crippen LogP contribution in [-0.4, -0.2) is 24.4 Å². The first-order valence-electron chi connectivity index (χ1n) is 7.47. The number of carbonyl (C=O) groups excluding carboxylic acids is 2. The van der Waals surface area contributed by atoms with E-state index >= 15 is 0 Å². The van der Waals surface area contributed by atoms with E-state index in [9.17, 15) is 14.0 Å². The maximum Gasteiger partial charge on any atom is 0.254 e. The van der Waals surface area contributed by atoms with E-state index in [0.29, 0.717) is 6.54 Å². The lowest BCUT2D eigenvalue weighted by Crippen LogP contribution is -2.37. The predicted molar refractivity (Wildman–Crippen MR) is 85.8 cm³/mol. The van der Waals surface area contributed by atoms with Gasteiger partial charge >= 0.3 is 0 Å². The van der Waals surface area contributed by atoms with E-state index in [1.807, 2.05) is 31.2 Å². The van der Waals surface area contributed by atoms with Crippen molar-refractivity contribution in [3.05, 3.63) is 65.5 Å². The predicted octanol–water partition coefficient (Wildman–Crippen LogP) is 2.67. The van der Waals surface area contributed by atoms with Crippen LogP contribution in [0.15, 0.2) is 48.5 Å². The number of aryl methyl sites for hydroxylation is 1. The molecule has 1 heterocycles. The van der Waals surface area contributed by atoms with Gasteiger partial charge in [-0.15, -0.1) is 0 Å². The molecule has 1 saturated heterocycles. The van der Waals surface area contributed by atoms with Gasteiger partial charge in [0, 0.05) is 18.7 Å². The summed E-state index contributed by atoms with van der Waals surface area (Å²) in [6.45, 7) is 2.37. The van der Waals surface area contributed by atoms with Crippen LogP contribution in [0.4, 0.5) is 10.1 Å². The first-order chi connectivity index (χ1) is 11.0. The second-order valence-electron chi connectivity index (χ2n) is 5.69. The fraction of sp³-hybridized carbons (Fsp3) is 0.222. The van der Waals surface area contributed by atoms with Gasteiger partial charge in [0.25, 0.3) is 5.91 Å². The van der Waals surface area contributed by atoms with Gasteiger partial charge in [0.1, 0.15) is 5.82 Å². The van der Waals surface area contributed by atoms with Gasteiger partial charge in [0.15, 0.2) is 0 Å². The van der Waals surface area contributed by atoms with E-state index in [2.05, 4.69) is 5.32 Å². The number of amides is 2. The third-order valence-electron chi connectivity index (χ3n) is 3.92. The van der Waals surface area contributed by atoms with Crippen molar-refractivity contribution in [3.8, 4) is 0 Å². The van der Waals surface area contributed by atoms with Crippen molar-refractivity contribution in [2.24, 2.45) is 0 Å². The number of anilines is 1. The number of halogens is 1. The van der Waals surface area contributed by atoms with Gasteiger partial charge in [-0.1, -0.05) is 29.8 Å². The average molecular weight is 312 g/mol. The summed E-state index contributed by atoms with van der Waals surface area (Å²) in [6.07, 6.45) is 0.216. The van der Waals surface area contributed by atoms with Crippen LogP contribution in [0, 0.1) is 12.7 Å². The molecule has 3 rings (SSSR count). The van der Waals surface area contributed by atoms with Crippen LogP contribution in [0.3, 0.4) is 0 Å². The number of nitrogens with one attached hydrogen (secondary N) is 1. The Labute approximate surface area is 133 Å². The molecule has 1 N–H and O–H groups in total. The largest absolute Gasteiger partial charge is 0.347 e. The zero-order valence-electron chi connectivity index (χ0n) is 12.8. The second-order valence-corrected chi connectivity index (χ2v) is 5.69. The number of hydrogen-bond acceptors (Lipinski definition) is 2. The van der Waals surface area contributed by atoms with Crippen molar-refractivity contribution in [3.63, 3.8) is 0 Å². The van der Waals surface area contributed by atoms with Gasteiger partial charge in [0.2, 0.25) is 5.91 Å². The molecule has 1 aliphatic rings. The highest BCUT2D eigenvalue weighted by atomic mass is 19.1. The minimum absolute atomic E-state index is 0.00580. The number of benzene rings is 2. The molecule has 4 nitrogen and oxygen atoms in total. The summed E-state index contributed by atoms with van der Waals surface area (Å²) in [5, 5.41) is 2.74. The number of rotatable bonds is 3. The molecule has 1 fully saturated rings. The monoisotopic (exact) mass is 312 g/mol. The second kappa shape index (κ2) is 6.20. The third kappa shape index (κ3) is 3.23. The van der Waals surface area contributed by atoms with Crippen LogP contribution in [0.1, 0.15) is 22.3 Å². The topological polar surface area (TPSA) is 49.4 Å². The molecule has 2 amide bonds. The smallest absolute Gasteiger partial charge is 0.254 e. The molecule has 2 aromatic carbocycles. The van der Waals surface area contributed by atoms with Crippen LogP contribution in [0.5, 0.6) is 0 Å². The maximum absolute atomic E-state index is 13.6. The van der Waals surface area contributed by atoms with E-state index in [4.69, 9.17) is 0 Å². The van der Waals surface area contributed by atoms with Crippen molar-refractivity contribution in [1.82, 2.24) is 5.32 Å².